The van der Waals surface area contributed by atoms with Crippen molar-refractivity contribution < 1.29 is 9.53 Å². The lowest BCUT2D eigenvalue weighted by Gasteiger charge is -2.23. The molecule has 1 aliphatic heterocycles. The van der Waals surface area contributed by atoms with Crippen molar-refractivity contribution in [3.8, 4) is 5.88 Å². The number of anilines is 4. The SMILES string of the molecule is COc1nc(Nc2ccc(N3CCCNCC3)cc2C)ncc1C(=O)Nc1c(Cl)cccc1Br. The number of aryl methyl sites for hydroxylation is 1. The molecule has 178 valence electrons. The molecule has 34 heavy (non-hydrogen) atoms. The fraction of sp³-hybridized carbons (Fsp3) is 0.292. The molecule has 4 rings (SSSR count). The number of nitrogens with zero attached hydrogens (tertiary/aromatic N) is 3. The molecule has 1 saturated heterocycles. The molecule has 8 nitrogen and oxygen atoms in total. The number of hydrogen-bond acceptors (Lipinski definition) is 7. The largest absolute Gasteiger partial charge is 0.480 e. The first-order valence-corrected chi connectivity index (χ1v) is 12.1. The first-order chi connectivity index (χ1) is 16.5. The zero-order valence-electron chi connectivity index (χ0n) is 19.0. The Balaban J connectivity index is 1.51. The Bertz CT molecular complexity index is 1160. The van der Waals surface area contributed by atoms with Crippen molar-refractivity contribution in [3.05, 3.63) is 63.2 Å². The minimum Gasteiger partial charge on any atom is -0.480 e. The van der Waals surface area contributed by atoms with Gasteiger partial charge in [0, 0.05) is 41.7 Å². The van der Waals surface area contributed by atoms with E-state index >= 15 is 0 Å². The van der Waals surface area contributed by atoms with Crippen molar-refractivity contribution >= 4 is 56.4 Å². The third-order valence-corrected chi connectivity index (χ3v) is 6.53. The van der Waals surface area contributed by atoms with E-state index in [9.17, 15) is 4.79 Å². The van der Waals surface area contributed by atoms with Crippen LogP contribution in [-0.4, -0.2) is 49.2 Å². The molecule has 2 heterocycles. The minimum atomic E-state index is -0.426. The van der Waals surface area contributed by atoms with E-state index in [-0.39, 0.29) is 11.4 Å². The van der Waals surface area contributed by atoms with Gasteiger partial charge in [0.25, 0.3) is 5.91 Å². The zero-order valence-corrected chi connectivity index (χ0v) is 21.3. The number of halogens is 2. The maximum atomic E-state index is 12.9. The molecule has 1 aromatic heterocycles. The Labute approximate surface area is 212 Å². The van der Waals surface area contributed by atoms with Gasteiger partial charge in [-0.2, -0.15) is 4.98 Å². The molecular formula is C24H26BrClN6O2. The number of para-hydroxylation sites is 1. The Morgan fingerprint density at radius 1 is 1.24 bits per heavy atom. The normalized spacial score (nSPS) is 13.8. The molecule has 0 atom stereocenters. The van der Waals surface area contributed by atoms with Crippen LogP contribution in [0.2, 0.25) is 5.02 Å². The second-order valence-electron chi connectivity index (χ2n) is 7.88. The summed E-state index contributed by atoms with van der Waals surface area (Å²) in [6.45, 7) is 6.11. The molecule has 0 bridgehead atoms. The second kappa shape index (κ2) is 11.0. The second-order valence-corrected chi connectivity index (χ2v) is 9.14. The summed E-state index contributed by atoms with van der Waals surface area (Å²) in [6, 6.07) is 11.6. The smallest absolute Gasteiger partial charge is 0.262 e. The number of hydrogen-bond donors (Lipinski definition) is 3. The maximum Gasteiger partial charge on any atom is 0.262 e. The maximum absolute atomic E-state index is 12.9. The molecule has 1 aliphatic rings. The summed E-state index contributed by atoms with van der Waals surface area (Å²) in [5, 5.41) is 9.85. The van der Waals surface area contributed by atoms with Crippen LogP contribution in [-0.2, 0) is 0 Å². The average molecular weight is 546 g/mol. The van der Waals surface area contributed by atoms with E-state index in [2.05, 4.69) is 58.9 Å². The number of methoxy groups -OCH3 is 1. The summed E-state index contributed by atoms with van der Waals surface area (Å²) in [4.78, 5) is 24.0. The Kier molecular flexibility index (Phi) is 7.87. The third kappa shape index (κ3) is 5.60. The summed E-state index contributed by atoms with van der Waals surface area (Å²) in [7, 11) is 1.46. The van der Waals surface area contributed by atoms with Crippen LogP contribution >= 0.6 is 27.5 Å². The van der Waals surface area contributed by atoms with Gasteiger partial charge in [-0.3, -0.25) is 4.79 Å². The van der Waals surface area contributed by atoms with Crippen molar-refractivity contribution in [1.29, 1.82) is 0 Å². The van der Waals surface area contributed by atoms with Gasteiger partial charge < -0.3 is 25.6 Å². The number of aromatic nitrogens is 2. The molecule has 0 spiro atoms. The number of nitrogens with one attached hydrogen (secondary N) is 3. The fourth-order valence-corrected chi connectivity index (χ4v) is 4.55. The molecule has 0 radical (unpaired) electrons. The van der Waals surface area contributed by atoms with E-state index in [1.165, 1.54) is 19.0 Å². The Morgan fingerprint density at radius 2 is 2.09 bits per heavy atom. The highest BCUT2D eigenvalue weighted by molar-refractivity contribution is 9.10. The van der Waals surface area contributed by atoms with E-state index in [1.807, 2.05) is 13.0 Å². The number of benzene rings is 2. The van der Waals surface area contributed by atoms with E-state index in [0.717, 1.165) is 43.9 Å². The van der Waals surface area contributed by atoms with E-state index in [0.29, 0.717) is 21.1 Å². The lowest BCUT2D eigenvalue weighted by molar-refractivity contribution is 0.102. The number of rotatable bonds is 6. The Hall–Kier alpha value is -2.88. The van der Waals surface area contributed by atoms with Crippen LogP contribution in [0.15, 0.2) is 47.1 Å². The van der Waals surface area contributed by atoms with Crippen molar-refractivity contribution in [3.63, 3.8) is 0 Å². The third-order valence-electron chi connectivity index (χ3n) is 5.55. The van der Waals surface area contributed by atoms with Gasteiger partial charge >= 0.3 is 0 Å². The molecule has 3 aromatic rings. The standard InChI is InChI=1S/C24H26BrClN6O2/c1-15-13-16(32-11-4-9-27-10-12-32)7-8-20(15)29-24-28-14-17(23(31-24)34-2)22(33)30-21-18(25)5-3-6-19(21)26/h3,5-8,13-14,27H,4,9-12H2,1-2H3,(H,30,33)(H,28,29,31). The van der Waals surface area contributed by atoms with Gasteiger partial charge in [0.2, 0.25) is 11.8 Å². The molecule has 10 heteroatoms. The summed E-state index contributed by atoms with van der Waals surface area (Å²) < 4.78 is 6.04. The first-order valence-electron chi connectivity index (χ1n) is 11.0. The van der Waals surface area contributed by atoms with Crippen LogP contribution in [0.3, 0.4) is 0 Å². The topological polar surface area (TPSA) is 91.4 Å². The fourth-order valence-electron chi connectivity index (χ4n) is 3.75. The van der Waals surface area contributed by atoms with E-state index in [1.54, 1.807) is 18.2 Å². The number of carbonyl (C=O) groups excluding carboxylic acids is 1. The highest BCUT2D eigenvalue weighted by Crippen LogP contribution is 2.31. The van der Waals surface area contributed by atoms with Gasteiger partial charge in [-0.05, 0) is 71.7 Å². The van der Waals surface area contributed by atoms with Gasteiger partial charge in [-0.15, -0.1) is 0 Å². The minimum absolute atomic E-state index is 0.157. The van der Waals surface area contributed by atoms with Crippen molar-refractivity contribution in [1.82, 2.24) is 15.3 Å². The number of amides is 1. The monoisotopic (exact) mass is 544 g/mol. The lowest BCUT2D eigenvalue weighted by Crippen LogP contribution is -2.27. The summed E-state index contributed by atoms with van der Waals surface area (Å²) in [5.74, 6) is 0.0661. The molecular weight excluding hydrogens is 520 g/mol. The van der Waals surface area contributed by atoms with Gasteiger partial charge in [-0.25, -0.2) is 4.98 Å². The lowest BCUT2D eigenvalue weighted by atomic mass is 10.1. The zero-order chi connectivity index (χ0) is 24.1. The molecule has 3 N–H and O–H groups in total. The van der Waals surface area contributed by atoms with Crippen LogP contribution in [0.5, 0.6) is 5.88 Å². The quantitative estimate of drug-likeness (QED) is 0.401. The summed E-state index contributed by atoms with van der Waals surface area (Å²) >= 11 is 9.61. The first kappa shape index (κ1) is 24.3. The molecule has 0 saturated carbocycles. The van der Waals surface area contributed by atoms with E-state index in [4.69, 9.17) is 16.3 Å². The van der Waals surface area contributed by atoms with Crippen molar-refractivity contribution in [2.24, 2.45) is 0 Å². The van der Waals surface area contributed by atoms with Gasteiger partial charge in [0.15, 0.2) is 0 Å². The van der Waals surface area contributed by atoms with E-state index < -0.39 is 5.91 Å². The molecule has 0 aliphatic carbocycles. The molecule has 0 unspecified atom stereocenters. The predicted molar refractivity (Wildman–Crippen MR) is 140 cm³/mol. The highest BCUT2D eigenvalue weighted by Gasteiger charge is 2.19. The van der Waals surface area contributed by atoms with Gasteiger partial charge in [-0.1, -0.05) is 17.7 Å². The number of carbonyl (C=O) groups is 1. The highest BCUT2D eigenvalue weighted by atomic mass is 79.9. The van der Waals surface area contributed by atoms with Gasteiger partial charge in [0.1, 0.15) is 5.56 Å². The average Bonchev–Trinajstić information content (AvgIpc) is 3.12. The summed E-state index contributed by atoms with van der Waals surface area (Å²) in [5.41, 5.74) is 3.82. The summed E-state index contributed by atoms with van der Waals surface area (Å²) in [6.07, 6.45) is 2.56. The van der Waals surface area contributed by atoms with Crippen LogP contribution in [0.4, 0.5) is 23.0 Å². The van der Waals surface area contributed by atoms with Crippen LogP contribution in [0, 0.1) is 6.92 Å². The van der Waals surface area contributed by atoms with Crippen LogP contribution in [0.1, 0.15) is 22.3 Å². The molecule has 2 aromatic carbocycles. The van der Waals surface area contributed by atoms with Crippen molar-refractivity contribution in [2.75, 3.05) is 48.8 Å². The molecule has 1 fully saturated rings. The Morgan fingerprint density at radius 3 is 2.85 bits per heavy atom. The van der Waals surface area contributed by atoms with Crippen molar-refractivity contribution in [2.45, 2.75) is 13.3 Å². The molecule has 1 amide bonds. The van der Waals surface area contributed by atoms with Crippen LogP contribution in [0.25, 0.3) is 0 Å². The van der Waals surface area contributed by atoms with Gasteiger partial charge in [0.05, 0.1) is 17.8 Å². The van der Waals surface area contributed by atoms with Crippen LogP contribution < -0.4 is 25.6 Å². The predicted octanol–water partition coefficient (Wildman–Crippen LogP) is 5.01. The number of ether oxygens (including phenoxy) is 1.